The van der Waals surface area contributed by atoms with E-state index in [0.29, 0.717) is 6.54 Å². The maximum absolute atomic E-state index is 12.9. The van der Waals surface area contributed by atoms with Gasteiger partial charge >= 0.3 is 5.97 Å². The largest absolute Gasteiger partial charge is 0.463 e. The minimum absolute atomic E-state index is 0.00812. The van der Waals surface area contributed by atoms with Crippen molar-refractivity contribution in [1.82, 2.24) is 15.1 Å². The summed E-state index contributed by atoms with van der Waals surface area (Å²) in [6.45, 7) is 2.48. The van der Waals surface area contributed by atoms with Crippen LogP contribution in [0.25, 0.3) is 0 Å². The Labute approximate surface area is 179 Å². The average molecular weight is 430 g/mol. The van der Waals surface area contributed by atoms with E-state index in [1.54, 1.807) is 6.07 Å². The topological polar surface area (TPSA) is 139 Å². The van der Waals surface area contributed by atoms with Crippen LogP contribution in [0.3, 0.4) is 0 Å². The fourth-order valence-corrected chi connectivity index (χ4v) is 3.70. The predicted octanol–water partition coefficient (Wildman–Crippen LogP) is 0.315. The Hall–Kier alpha value is -3.27. The van der Waals surface area contributed by atoms with E-state index in [9.17, 15) is 24.0 Å². The number of nitrogen functional groups attached to an aromatic ring is 1. The van der Waals surface area contributed by atoms with Crippen LogP contribution in [0, 0.1) is 0 Å². The number of esters is 1. The zero-order chi connectivity index (χ0) is 22.5. The summed E-state index contributed by atoms with van der Waals surface area (Å²) in [5, 5.41) is 2.95. The van der Waals surface area contributed by atoms with Crippen molar-refractivity contribution in [3.05, 3.63) is 29.3 Å². The number of nitrogens with one attached hydrogen (secondary N) is 1. The number of benzene rings is 1. The minimum Gasteiger partial charge on any atom is -0.463 e. The van der Waals surface area contributed by atoms with Gasteiger partial charge in [-0.1, -0.05) is 19.4 Å². The fourth-order valence-electron chi connectivity index (χ4n) is 3.70. The Morgan fingerprint density at radius 2 is 2.00 bits per heavy atom. The number of carbonyl (C=O) groups is 5. The third-order valence-electron chi connectivity index (χ3n) is 5.33. The van der Waals surface area contributed by atoms with Gasteiger partial charge in [-0.15, -0.1) is 0 Å². The molecule has 4 amide bonds. The van der Waals surface area contributed by atoms with Crippen molar-refractivity contribution in [3.8, 4) is 0 Å². The van der Waals surface area contributed by atoms with Gasteiger partial charge in [0.1, 0.15) is 12.6 Å². The van der Waals surface area contributed by atoms with Gasteiger partial charge in [0.2, 0.25) is 5.91 Å². The first-order valence-electron chi connectivity index (χ1n) is 10.3. The van der Waals surface area contributed by atoms with Gasteiger partial charge in [0, 0.05) is 12.1 Å². The molecule has 10 nitrogen and oxygen atoms in total. The number of hydrogen-bond acceptors (Lipinski definition) is 8. The zero-order valence-corrected chi connectivity index (χ0v) is 17.4. The normalized spacial score (nSPS) is 18.5. The summed E-state index contributed by atoms with van der Waals surface area (Å²) < 4.78 is 5.08. The van der Waals surface area contributed by atoms with Gasteiger partial charge < -0.3 is 15.8 Å². The highest BCUT2D eigenvalue weighted by Crippen LogP contribution is 2.31. The number of piperidine rings is 1. The van der Waals surface area contributed by atoms with Crippen LogP contribution < -0.4 is 11.1 Å². The Morgan fingerprint density at radius 3 is 2.71 bits per heavy atom. The standard InChI is InChI=1S/C21H26N4O6/c1-2-3-9-23-12-17(27)31-11-10-24-16(26)8-7-15(20(24)29)25-19(28)13-5-4-6-14(22)18(13)21(25)30/h4-6,15,23H,2-3,7-12,22H2,1H3. The molecule has 1 aromatic carbocycles. The van der Waals surface area contributed by atoms with Crippen LogP contribution in [0.2, 0.25) is 0 Å². The third-order valence-corrected chi connectivity index (χ3v) is 5.33. The molecule has 1 unspecified atom stereocenters. The van der Waals surface area contributed by atoms with Crippen LogP contribution in [0.5, 0.6) is 0 Å². The van der Waals surface area contributed by atoms with E-state index in [4.69, 9.17) is 10.5 Å². The van der Waals surface area contributed by atoms with Crippen LogP contribution >= 0.6 is 0 Å². The first-order valence-corrected chi connectivity index (χ1v) is 10.3. The molecule has 1 aromatic rings. The van der Waals surface area contributed by atoms with Gasteiger partial charge in [-0.05, 0) is 31.5 Å². The second-order valence-electron chi connectivity index (χ2n) is 7.44. The molecule has 3 rings (SSSR count). The maximum atomic E-state index is 12.9. The SMILES string of the molecule is CCCCNCC(=O)OCCN1C(=O)CCC(N2C(=O)c3cccc(N)c3C2=O)C1=O. The molecule has 0 bridgehead atoms. The molecule has 10 heteroatoms. The van der Waals surface area contributed by atoms with E-state index in [1.807, 2.05) is 6.92 Å². The second-order valence-corrected chi connectivity index (χ2v) is 7.44. The lowest BCUT2D eigenvalue weighted by molar-refractivity contribution is -0.155. The number of unbranched alkanes of at least 4 members (excludes halogenated alkanes) is 1. The van der Waals surface area contributed by atoms with Crippen LogP contribution in [-0.2, 0) is 19.1 Å². The monoisotopic (exact) mass is 430 g/mol. The lowest BCUT2D eigenvalue weighted by Gasteiger charge is -2.34. The third kappa shape index (κ3) is 4.58. The highest BCUT2D eigenvalue weighted by molar-refractivity contribution is 6.25. The summed E-state index contributed by atoms with van der Waals surface area (Å²) >= 11 is 0. The smallest absolute Gasteiger partial charge is 0.319 e. The van der Waals surface area contributed by atoms with E-state index < -0.39 is 35.6 Å². The molecule has 0 aliphatic carbocycles. The first kappa shape index (κ1) is 22.4. The Morgan fingerprint density at radius 1 is 1.23 bits per heavy atom. The van der Waals surface area contributed by atoms with Gasteiger partial charge in [-0.3, -0.25) is 33.8 Å². The van der Waals surface area contributed by atoms with E-state index in [-0.39, 0.29) is 49.4 Å². The van der Waals surface area contributed by atoms with Crippen molar-refractivity contribution >= 4 is 35.3 Å². The number of hydrogen-bond donors (Lipinski definition) is 2. The summed E-state index contributed by atoms with van der Waals surface area (Å²) in [5.74, 6) is -2.84. The Bertz CT molecular complexity index is 915. The summed E-state index contributed by atoms with van der Waals surface area (Å²) in [6.07, 6.45) is 1.98. The number of nitrogens with zero attached hydrogens (tertiary/aromatic N) is 2. The number of amides is 4. The predicted molar refractivity (Wildman–Crippen MR) is 110 cm³/mol. The van der Waals surface area contributed by atoms with Crippen molar-refractivity contribution in [1.29, 1.82) is 0 Å². The van der Waals surface area contributed by atoms with E-state index >= 15 is 0 Å². The van der Waals surface area contributed by atoms with Crippen molar-refractivity contribution in [2.24, 2.45) is 0 Å². The van der Waals surface area contributed by atoms with Crippen molar-refractivity contribution in [2.75, 3.05) is 32.0 Å². The number of imide groups is 2. The summed E-state index contributed by atoms with van der Waals surface area (Å²) in [6, 6.07) is 3.46. The molecule has 0 spiro atoms. The summed E-state index contributed by atoms with van der Waals surface area (Å²) in [5.41, 5.74) is 6.23. The molecule has 1 fully saturated rings. The van der Waals surface area contributed by atoms with Gasteiger partial charge in [0.05, 0.1) is 24.2 Å². The molecule has 0 aromatic heterocycles. The summed E-state index contributed by atoms with van der Waals surface area (Å²) in [7, 11) is 0. The number of rotatable bonds is 9. The quantitative estimate of drug-likeness (QED) is 0.247. The van der Waals surface area contributed by atoms with E-state index in [1.165, 1.54) is 12.1 Å². The molecule has 31 heavy (non-hydrogen) atoms. The van der Waals surface area contributed by atoms with E-state index in [0.717, 1.165) is 22.6 Å². The van der Waals surface area contributed by atoms with Crippen LogP contribution in [0.15, 0.2) is 18.2 Å². The lowest BCUT2D eigenvalue weighted by atomic mass is 10.0. The van der Waals surface area contributed by atoms with Gasteiger partial charge in [-0.25, -0.2) is 0 Å². The van der Waals surface area contributed by atoms with Crippen molar-refractivity contribution in [3.63, 3.8) is 0 Å². The molecule has 2 heterocycles. The number of anilines is 1. The van der Waals surface area contributed by atoms with Crippen LogP contribution in [0.4, 0.5) is 5.69 Å². The molecule has 0 radical (unpaired) electrons. The Kier molecular flexibility index (Phi) is 7.01. The Balaban J connectivity index is 1.61. The minimum atomic E-state index is -1.10. The zero-order valence-electron chi connectivity index (χ0n) is 17.4. The summed E-state index contributed by atoms with van der Waals surface area (Å²) in [4.78, 5) is 64.3. The van der Waals surface area contributed by atoms with Gasteiger partial charge in [0.15, 0.2) is 0 Å². The van der Waals surface area contributed by atoms with Crippen molar-refractivity contribution in [2.45, 2.75) is 38.6 Å². The number of carbonyl (C=O) groups excluding carboxylic acids is 5. The first-order chi connectivity index (χ1) is 14.9. The molecular weight excluding hydrogens is 404 g/mol. The number of nitrogens with two attached hydrogens (primary N) is 1. The highest BCUT2D eigenvalue weighted by Gasteiger charge is 2.47. The molecule has 1 saturated heterocycles. The molecular formula is C21H26N4O6. The molecule has 3 N–H and O–H groups in total. The number of fused-ring (bicyclic) bond motifs is 1. The molecule has 2 aliphatic heterocycles. The van der Waals surface area contributed by atoms with Gasteiger partial charge in [0.25, 0.3) is 17.7 Å². The fraction of sp³-hybridized carbons (Fsp3) is 0.476. The maximum Gasteiger partial charge on any atom is 0.319 e. The molecule has 166 valence electrons. The molecule has 0 saturated carbocycles. The molecule has 1 atom stereocenters. The molecule has 2 aliphatic rings. The van der Waals surface area contributed by atoms with Crippen molar-refractivity contribution < 1.29 is 28.7 Å². The van der Waals surface area contributed by atoms with Crippen LogP contribution in [0.1, 0.15) is 53.3 Å². The number of likely N-dealkylation sites (tertiary alicyclic amines) is 1. The second kappa shape index (κ2) is 9.69. The lowest BCUT2D eigenvalue weighted by Crippen LogP contribution is -2.56. The number of ether oxygens (including phenoxy) is 1. The van der Waals surface area contributed by atoms with E-state index in [2.05, 4.69) is 5.32 Å². The van der Waals surface area contributed by atoms with Crippen LogP contribution in [-0.4, -0.2) is 71.7 Å². The van der Waals surface area contributed by atoms with Gasteiger partial charge in [-0.2, -0.15) is 0 Å². The highest BCUT2D eigenvalue weighted by atomic mass is 16.5. The average Bonchev–Trinajstić information content (AvgIpc) is 2.99.